The maximum Gasteiger partial charge on any atom is 0.149 e. The van der Waals surface area contributed by atoms with E-state index in [2.05, 4.69) is 19.1 Å². The summed E-state index contributed by atoms with van der Waals surface area (Å²) in [6.07, 6.45) is 11.0. The van der Waals surface area contributed by atoms with Gasteiger partial charge in [0, 0.05) is 5.92 Å². The number of allylic oxidation sites excluding steroid dienone is 1. The van der Waals surface area contributed by atoms with Gasteiger partial charge in [-0.3, -0.25) is 0 Å². The average molecular weight is 288 g/mol. The highest BCUT2D eigenvalue weighted by Gasteiger charge is 2.14. The summed E-state index contributed by atoms with van der Waals surface area (Å²) in [5, 5.41) is 0. The van der Waals surface area contributed by atoms with Crippen molar-refractivity contribution in [1.29, 1.82) is 0 Å². The zero-order valence-corrected chi connectivity index (χ0v) is 13.3. The van der Waals surface area contributed by atoms with Crippen molar-refractivity contribution in [3.05, 3.63) is 48.0 Å². The second kappa shape index (κ2) is 11.3. The van der Waals surface area contributed by atoms with Crippen molar-refractivity contribution in [2.45, 2.75) is 58.7 Å². The Morgan fingerprint density at radius 2 is 1.90 bits per heavy atom. The summed E-state index contributed by atoms with van der Waals surface area (Å²) in [5.41, 5.74) is 1.10. The fourth-order valence-corrected chi connectivity index (χ4v) is 2.19. The first-order valence-corrected chi connectivity index (χ1v) is 8.05. The van der Waals surface area contributed by atoms with E-state index in [1.54, 1.807) is 0 Å². The van der Waals surface area contributed by atoms with E-state index in [0.29, 0.717) is 6.61 Å². The fourth-order valence-electron chi connectivity index (χ4n) is 2.19. The van der Waals surface area contributed by atoms with E-state index in [1.165, 1.54) is 25.7 Å². The quantitative estimate of drug-likeness (QED) is 0.328. The van der Waals surface area contributed by atoms with Gasteiger partial charge in [0.1, 0.15) is 12.4 Å². The first-order valence-electron chi connectivity index (χ1n) is 8.05. The number of benzene rings is 1. The lowest BCUT2D eigenvalue weighted by Gasteiger charge is -2.16. The van der Waals surface area contributed by atoms with Crippen LogP contribution in [0.5, 0.6) is 0 Å². The number of hydrogen-bond acceptors (Lipinski definition) is 2. The maximum atomic E-state index is 11.2. The molecule has 1 aromatic carbocycles. The van der Waals surface area contributed by atoms with Crippen LogP contribution < -0.4 is 0 Å². The van der Waals surface area contributed by atoms with Gasteiger partial charge in [-0.2, -0.15) is 0 Å². The predicted molar refractivity (Wildman–Crippen MR) is 88.1 cm³/mol. The smallest absolute Gasteiger partial charge is 0.149 e. The Labute approximate surface area is 129 Å². The first kappa shape index (κ1) is 17.6. The SMILES string of the molecule is CCCCCC/C=C/[C@@H](C)[C@H](C=O)OCc1ccccc1. The minimum Gasteiger partial charge on any atom is -0.365 e. The Morgan fingerprint density at radius 3 is 2.57 bits per heavy atom. The summed E-state index contributed by atoms with van der Waals surface area (Å²) in [7, 11) is 0. The van der Waals surface area contributed by atoms with Crippen LogP contribution in [0.2, 0.25) is 0 Å². The highest BCUT2D eigenvalue weighted by atomic mass is 16.5. The van der Waals surface area contributed by atoms with E-state index in [-0.39, 0.29) is 12.0 Å². The second-order valence-corrected chi connectivity index (χ2v) is 5.53. The van der Waals surface area contributed by atoms with Crippen molar-refractivity contribution in [1.82, 2.24) is 0 Å². The van der Waals surface area contributed by atoms with Crippen molar-refractivity contribution >= 4 is 6.29 Å². The number of aldehydes is 1. The number of ether oxygens (including phenoxy) is 1. The summed E-state index contributed by atoms with van der Waals surface area (Å²) in [6, 6.07) is 9.96. The molecule has 0 spiro atoms. The Morgan fingerprint density at radius 1 is 1.14 bits per heavy atom. The zero-order chi connectivity index (χ0) is 15.3. The predicted octanol–water partition coefficient (Wildman–Crippen LogP) is 4.93. The van der Waals surface area contributed by atoms with Gasteiger partial charge in [0.05, 0.1) is 6.61 Å². The van der Waals surface area contributed by atoms with Gasteiger partial charge in [0.2, 0.25) is 0 Å². The molecule has 0 fully saturated rings. The molecule has 0 aliphatic rings. The zero-order valence-electron chi connectivity index (χ0n) is 13.3. The topological polar surface area (TPSA) is 26.3 Å². The fraction of sp³-hybridized carbons (Fsp3) is 0.526. The van der Waals surface area contributed by atoms with Crippen LogP contribution in [-0.2, 0) is 16.1 Å². The van der Waals surface area contributed by atoms with Crippen molar-refractivity contribution in [2.75, 3.05) is 0 Å². The van der Waals surface area contributed by atoms with Crippen LogP contribution in [0.1, 0.15) is 51.5 Å². The molecular weight excluding hydrogens is 260 g/mol. The van der Waals surface area contributed by atoms with Crippen LogP contribution in [-0.4, -0.2) is 12.4 Å². The Balaban J connectivity index is 2.30. The number of unbranched alkanes of at least 4 members (excludes halogenated alkanes) is 4. The third-order valence-electron chi connectivity index (χ3n) is 3.60. The lowest BCUT2D eigenvalue weighted by Crippen LogP contribution is -2.22. The van der Waals surface area contributed by atoms with Crippen molar-refractivity contribution in [3.63, 3.8) is 0 Å². The van der Waals surface area contributed by atoms with Crippen LogP contribution in [0.25, 0.3) is 0 Å². The van der Waals surface area contributed by atoms with Crippen molar-refractivity contribution in [3.8, 4) is 0 Å². The molecule has 2 nitrogen and oxygen atoms in total. The molecule has 0 radical (unpaired) electrons. The summed E-state index contributed by atoms with van der Waals surface area (Å²) >= 11 is 0. The minimum absolute atomic E-state index is 0.123. The van der Waals surface area contributed by atoms with E-state index >= 15 is 0 Å². The maximum absolute atomic E-state index is 11.2. The Hall–Kier alpha value is -1.41. The lowest BCUT2D eigenvalue weighted by molar-refractivity contribution is -0.120. The van der Waals surface area contributed by atoms with Crippen molar-refractivity contribution in [2.24, 2.45) is 5.92 Å². The van der Waals surface area contributed by atoms with Gasteiger partial charge in [-0.05, 0) is 18.4 Å². The molecule has 0 saturated heterocycles. The summed E-state index contributed by atoms with van der Waals surface area (Å²) < 4.78 is 5.72. The molecule has 2 heteroatoms. The van der Waals surface area contributed by atoms with Gasteiger partial charge >= 0.3 is 0 Å². The van der Waals surface area contributed by atoms with Gasteiger partial charge in [0.25, 0.3) is 0 Å². The molecule has 1 aromatic rings. The van der Waals surface area contributed by atoms with E-state index in [9.17, 15) is 4.79 Å². The molecule has 1 rings (SSSR count). The van der Waals surface area contributed by atoms with Crippen LogP contribution in [0.15, 0.2) is 42.5 Å². The van der Waals surface area contributed by atoms with Gasteiger partial charge in [-0.1, -0.05) is 75.6 Å². The van der Waals surface area contributed by atoms with E-state index in [1.807, 2.05) is 37.3 Å². The molecule has 0 aliphatic carbocycles. The summed E-state index contributed by atoms with van der Waals surface area (Å²) in [5.74, 6) is 0.123. The molecule has 0 saturated carbocycles. The Kier molecular flexibility index (Phi) is 9.47. The molecule has 0 aliphatic heterocycles. The molecule has 0 heterocycles. The van der Waals surface area contributed by atoms with Gasteiger partial charge in [-0.25, -0.2) is 0 Å². The molecule has 0 aromatic heterocycles. The molecule has 116 valence electrons. The third kappa shape index (κ3) is 7.81. The average Bonchev–Trinajstić information content (AvgIpc) is 2.52. The first-order chi connectivity index (χ1) is 10.3. The summed E-state index contributed by atoms with van der Waals surface area (Å²) in [4.78, 5) is 11.2. The molecule has 0 amide bonds. The number of carbonyl (C=O) groups is 1. The molecule has 0 N–H and O–H groups in total. The largest absolute Gasteiger partial charge is 0.365 e. The van der Waals surface area contributed by atoms with E-state index in [0.717, 1.165) is 18.3 Å². The number of carbonyl (C=O) groups excluding carboxylic acids is 1. The molecule has 0 bridgehead atoms. The Bertz CT molecular complexity index is 397. The molecule has 0 unspecified atom stereocenters. The molecular formula is C19H28O2. The number of rotatable bonds is 11. The van der Waals surface area contributed by atoms with Crippen LogP contribution in [0, 0.1) is 5.92 Å². The highest BCUT2D eigenvalue weighted by Crippen LogP contribution is 2.12. The minimum atomic E-state index is -0.364. The van der Waals surface area contributed by atoms with Gasteiger partial charge in [-0.15, -0.1) is 0 Å². The van der Waals surface area contributed by atoms with E-state index in [4.69, 9.17) is 4.74 Å². The second-order valence-electron chi connectivity index (χ2n) is 5.53. The van der Waals surface area contributed by atoms with Crippen LogP contribution in [0.4, 0.5) is 0 Å². The molecule has 2 atom stereocenters. The molecule has 21 heavy (non-hydrogen) atoms. The van der Waals surface area contributed by atoms with Gasteiger partial charge < -0.3 is 9.53 Å². The third-order valence-corrected chi connectivity index (χ3v) is 3.60. The van der Waals surface area contributed by atoms with Crippen molar-refractivity contribution < 1.29 is 9.53 Å². The normalized spacial score (nSPS) is 14.2. The monoisotopic (exact) mass is 288 g/mol. The highest BCUT2D eigenvalue weighted by molar-refractivity contribution is 5.57. The lowest BCUT2D eigenvalue weighted by atomic mass is 10.0. The van der Waals surface area contributed by atoms with Gasteiger partial charge in [0.15, 0.2) is 0 Å². The van der Waals surface area contributed by atoms with Crippen LogP contribution in [0.3, 0.4) is 0 Å². The van der Waals surface area contributed by atoms with Crippen LogP contribution >= 0.6 is 0 Å². The standard InChI is InChI=1S/C19H28O2/c1-3-4-5-6-7-9-12-17(2)19(15-20)21-16-18-13-10-8-11-14-18/h8-15,17,19H,3-7,16H2,1-2H3/b12-9+/t17-,19+/m1/s1. The summed E-state index contributed by atoms with van der Waals surface area (Å²) in [6.45, 7) is 4.74. The number of hydrogen-bond donors (Lipinski definition) is 0. The van der Waals surface area contributed by atoms with E-state index < -0.39 is 0 Å².